The van der Waals surface area contributed by atoms with Crippen molar-refractivity contribution < 1.29 is 17.6 Å². The van der Waals surface area contributed by atoms with Crippen molar-refractivity contribution in [3.05, 3.63) is 42.2 Å². The van der Waals surface area contributed by atoms with Gasteiger partial charge >= 0.3 is 0 Å². The second-order valence-corrected chi connectivity index (χ2v) is 9.40. The van der Waals surface area contributed by atoms with Crippen LogP contribution in [0.15, 0.2) is 45.7 Å². The van der Waals surface area contributed by atoms with Gasteiger partial charge in [0.25, 0.3) is 5.91 Å². The van der Waals surface area contributed by atoms with Crippen molar-refractivity contribution in [1.82, 2.24) is 14.9 Å². The minimum Gasteiger partial charge on any atom is -0.451 e. The van der Waals surface area contributed by atoms with Crippen molar-refractivity contribution in [3.63, 3.8) is 0 Å². The Hall–Kier alpha value is -2.16. The van der Waals surface area contributed by atoms with E-state index in [9.17, 15) is 13.2 Å². The summed E-state index contributed by atoms with van der Waals surface area (Å²) in [6, 6.07) is 10.2. The molecule has 0 unspecified atom stereocenters. The number of hydrogen-bond donors (Lipinski definition) is 2. The minimum atomic E-state index is -3.48. The predicted molar refractivity (Wildman–Crippen MR) is 105 cm³/mol. The van der Waals surface area contributed by atoms with E-state index in [1.165, 1.54) is 19.2 Å². The van der Waals surface area contributed by atoms with Crippen LogP contribution in [0.1, 0.15) is 30.3 Å². The third-order valence-electron chi connectivity index (χ3n) is 6.02. The summed E-state index contributed by atoms with van der Waals surface area (Å²) in [5.74, 6) is 1.12. The van der Waals surface area contributed by atoms with Crippen LogP contribution >= 0.6 is 0 Å². The van der Waals surface area contributed by atoms with Crippen molar-refractivity contribution in [2.24, 2.45) is 5.92 Å². The van der Waals surface area contributed by atoms with Gasteiger partial charge in [0, 0.05) is 17.6 Å². The van der Waals surface area contributed by atoms with Crippen molar-refractivity contribution in [2.75, 3.05) is 20.1 Å². The van der Waals surface area contributed by atoms with Gasteiger partial charge in [-0.3, -0.25) is 9.69 Å². The highest BCUT2D eigenvalue weighted by Gasteiger charge is 2.40. The van der Waals surface area contributed by atoms with E-state index in [2.05, 4.69) is 21.9 Å². The molecular weight excluding hydrogens is 378 g/mol. The molecule has 7 nitrogen and oxygen atoms in total. The minimum absolute atomic E-state index is 0.148. The second-order valence-electron chi connectivity index (χ2n) is 7.51. The normalized spacial score (nSPS) is 26.9. The first-order valence-electron chi connectivity index (χ1n) is 9.58. The zero-order valence-corrected chi connectivity index (χ0v) is 16.8. The lowest BCUT2D eigenvalue weighted by molar-refractivity contribution is 0.0211. The highest BCUT2D eigenvalue weighted by atomic mass is 32.2. The van der Waals surface area contributed by atoms with Crippen molar-refractivity contribution >= 4 is 15.9 Å². The number of rotatable bonds is 5. The summed E-state index contributed by atoms with van der Waals surface area (Å²) in [7, 11) is -2.11. The first-order chi connectivity index (χ1) is 13.4. The molecule has 2 atom stereocenters. The van der Waals surface area contributed by atoms with Gasteiger partial charge in [-0.15, -0.1) is 0 Å². The van der Waals surface area contributed by atoms with Gasteiger partial charge in [0.05, 0.1) is 4.90 Å². The fraction of sp³-hybridized carbons (Fsp3) is 0.450. The number of sulfonamides is 1. The highest BCUT2D eigenvalue weighted by molar-refractivity contribution is 7.89. The monoisotopic (exact) mass is 403 g/mol. The largest absolute Gasteiger partial charge is 0.451 e. The maximum atomic E-state index is 12.7. The summed E-state index contributed by atoms with van der Waals surface area (Å²) in [4.78, 5) is 15.3. The van der Waals surface area contributed by atoms with Crippen molar-refractivity contribution in [3.8, 4) is 11.3 Å². The highest BCUT2D eigenvalue weighted by Crippen LogP contribution is 2.32. The molecule has 8 heteroatoms. The van der Waals surface area contributed by atoms with Gasteiger partial charge in [0.1, 0.15) is 5.76 Å². The van der Waals surface area contributed by atoms with E-state index in [0.717, 1.165) is 25.9 Å². The van der Waals surface area contributed by atoms with E-state index < -0.39 is 10.0 Å². The Kier molecular flexibility index (Phi) is 5.03. The third-order valence-corrected chi connectivity index (χ3v) is 7.45. The van der Waals surface area contributed by atoms with Crippen LogP contribution in [-0.4, -0.2) is 51.4 Å². The molecule has 1 amide bonds. The van der Waals surface area contributed by atoms with Crippen LogP contribution in [-0.2, 0) is 10.0 Å². The number of fused-ring (bicyclic) bond motifs is 3. The van der Waals surface area contributed by atoms with Gasteiger partial charge in [0.2, 0.25) is 10.0 Å². The molecule has 3 saturated heterocycles. The first kappa shape index (κ1) is 19.2. The molecule has 0 aliphatic carbocycles. The molecule has 3 aliphatic heterocycles. The summed E-state index contributed by atoms with van der Waals surface area (Å²) in [6.07, 6.45) is 2.25. The fourth-order valence-electron chi connectivity index (χ4n) is 4.30. The van der Waals surface area contributed by atoms with Crippen LogP contribution in [0.3, 0.4) is 0 Å². The van der Waals surface area contributed by atoms with Crippen LogP contribution in [0.2, 0.25) is 0 Å². The topological polar surface area (TPSA) is 91.6 Å². The average molecular weight is 404 g/mol. The molecule has 0 radical (unpaired) electrons. The number of carbonyl (C=O) groups excluding carboxylic acids is 1. The maximum Gasteiger partial charge on any atom is 0.287 e. The van der Waals surface area contributed by atoms with Gasteiger partial charge in [-0.2, -0.15) is 0 Å². The lowest BCUT2D eigenvalue weighted by Crippen LogP contribution is -2.62. The van der Waals surface area contributed by atoms with Crippen molar-refractivity contribution in [1.29, 1.82) is 0 Å². The Morgan fingerprint density at radius 3 is 2.39 bits per heavy atom. The number of carbonyl (C=O) groups is 1. The molecule has 0 spiro atoms. The van der Waals surface area contributed by atoms with Gasteiger partial charge in [-0.05, 0) is 82.2 Å². The molecular formula is C20H25N3O4S. The number of benzene rings is 1. The van der Waals surface area contributed by atoms with E-state index in [1.807, 2.05) is 0 Å². The fourth-order valence-corrected chi connectivity index (χ4v) is 5.03. The van der Waals surface area contributed by atoms with E-state index >= 15 is 0 Å². The van der Waals surface area contributed by atoms with Crippen LogP contribution < -0.4 is 10.0 Å². The maximum absolute atomic E-state index is 12.7. The van der Waals surface area contributed by atoms with Crippen LogP contribution in [0, 0.1) is 5.92 Å². The second kappa shape index (κ2) is 7.35. The number of nitrogens with zero attached hydrogens (tertiary/aromatic N) is 1. The van der Waals surface area contributed by atoms with Crippen LogP contribution in [0.4, 0.5) is 0 Å². The molecule has 0 saturated carbocycles. The summed E-state index contributed by atoms with van der Waals surface area (Å²) < 4.78 is 31.7. The Morgan fingerprint density at radius 2 is 1.79 bits per heavy atom. The van der Waals surface area contributed by atoms with E-state index in [0.29, 0.717) is 23.3 Å². The van der Waals surface area contributed by atoms with Gasteiger partial charge in [-0.25, -0.2) is 13.1 Å². The zero-order chi connectivity index (χ0) is 19.9. The van der Waals surface area contributed by atoms with Crippen LogP contribution in [0.5, 0.6) is 0 Å². The number of amides is 1. The number of furan rings is 1. The summed E-state index contributed by atoms with van der Waals surface area (Å²) in [5, 5.41) is 3.16. The first-order valence-corrected chi connectivity index (χ1v) is 11.1. The lowest BCUT2D eigenvalue weighted by Gasteiger charge is -2.49. The van der Waals surface area contributed by atoms with E-state index in [-0.39, 0.29) is 22.6 Å². The number of nitrogens with one attached hydrogen (secondary N) is 2. The Labute approximate surface area is 165 Å². The molecule has 4 heterocycles. The van der Waals surface area contributed by atoms with Gasteiger partial charge < -0.3 is 9.73 Å². The van der Waals surface area contributed by atoms with E-state index in [4.69, 9.17) is 4.42 Å². The molecule has 28 heavy (non-hydrogen) atoms. The van der Waals surface area contributed by atoms with E-state index in [1.54, 1.807) is 24.3 Å². The van der Waals surface area contributed by atoms with Gasteiger partial charge in [-0.1, -0.05) is 0 Å². The smallest absolute Gasteiger partial charge is 0.287 e. The average Bonchev–Trinajstić information content (AvgIpc) is 3.21. The zero-order valence-electron chi connectivity index (χ0n) is 16.0. The molecule has 1 aromatic carbocycles. The molecule has 1 aromatic heterocycles. The summed E-state index contributed by atoms with van der Waals surface area (Å²) >= 11 is 0. The molecule has 150 valence electrons. The summed E-state index contributed by atoms with van der Waals surface area (Å²) in [5.41, 5.74) is 0.713. The standard InChI is InChI=1S/C20H25N3O4S/c1-13-19(15-9-11-23(13)12-10-15)22-20(24)18-8-7-17(27-18)14-3-5-16(6-4-14)28(25,26)21-2/h3-8,13,15,19,21H,9-12H2,1-2H3,(H,22,24)/t13-,19-/m0/s1. The molecule has 2 aromatic rings. The van der Waals surface area contributed by atoms with Crippen molar-refractivity contribution in [2.45, 2.75) is 36.7 Å². The Morgan fingerprint density at radius 1 is 1.11 bits per heavy atom. The quantitative estimate of drug-likeness (QED) is 0.797. The summed E-state index contributed by atoms with van der Waals surface area (Å²) in [6.45, 7) is 4.40. The van der Waals surface area contributed by atoms with Gasteiger partial charge in [0.15, 0.2) is 5.76 Å². The molecule has 3 aliphatic rings. The lowest BCUT2D eigenvalue weighted by atomic mass is 9.79. The van der Waals surface area contributed by atoms with Crippen LogP contribution in [0.25, 0.3) is 11.3 Å². The third kappa shape index (κ3) is 3.47. The Balaban J connectivity index is 1.47. The number of hydrogen-bond acceptors (Lipinski definition) is 5. The molecule has 2 N–H and O–H groups in total. The molecule has 5 rings (SSSR count). The molecule has 3 fully saturated rings. The Bertz CT molecular complexity index is 958. The number of piperidine rings is 3. The molecule has 2 bridgehead atoms. The predicted octanol–water partition coefficient (Wildman–Crippen LogP) is 2.07. The SMILES string of the molecule is CNS(=O)(=O)c1ccc(-c2ccc(C(=O)N[C@@H]3C4CCN(CC4)[C@H]3C)o2)cc1.